The molecule has 0 aromatic heterocycles. The van der Waals surface area contributed by atoms with Crippen molar-refractivity contribution >= 4 is 13.9 Å². The van der Waals surface area contributed by atoms with E-state index < -0.39 is 8.24 Å². The summed E-state index contributed by atoms with van der Waals surface area (Å²) in [6, 6.07) is 4.77. The minimum atomic E-state index is -1.35. The Bertz CT molecular complexity index is 482. The zero-order valence-corrected chi connectivity index (χ0v) is 16.2. The summed E-state index contributed by atoms with van der Waals surface area (Å²) in [6.45, 7) is 23.1. The summed E-state index contributed by atoms with van der Waals surface area (Å²) in [4.78, 5) is 3.84. The van der Waals surface area contributed by atoms with Gasteiger partial charge < -0.3 is 4.98 Å². The van der Waals surface area contributed by atoms with Crippen LogP contribution in [0, 0.1) is 6.92 Å². The lowest BCUT2D eigenvalue weighted by Gasteiger charge is -2.32. The molecule has 1 aromatic rings. The molecule has 0 unspecified atom stereocenters. The first-order chi connectivity index (χ1) is 8.72. The van der Waals surface area contributed by atoms with Gasteiger partial charge in [0.2, 0.25) is 0 Å². The van der Waals surface area contributed by atoms with Crippen molar-refractivity contribution in [3.8, 4) is 0 Å². The summed E-state index contributed by atoms with van der Waals surface area (Å²) in [7, 11) is -1.35. The zero-order chi connectivity index (χ0) is 15.9. The molecule has 0 saturated heterocycles. The molecule has 20 heavy (non-hydrogen) atoms. The molecule has 1 nitrogen and oxygen atoms in total. The Morgan fingerprint density at radius 3 is 1.70 bits per heavy atom. The smallest absolute Gasteiger partial charge is 0.144 e. The van der Waals surface area contributed by atoms with Crippen molar-refractivity contribution in [1.29, 1.82) is 0 Å². The molecule has 0 fully saturated rings. The Hall–Kier alpha value is -0.763. The van der Waals surface area contributed by atoms with Crippen LogP contribution in [0.15, 0.2) is 12.1 Å². The maximum atomic E-state index is 3.84. The normalized spacial score (nSPS) is 13.5. The Kier molecular flexibility index (Phi) is 4.51. The van der Waals surface area contributed by atoms with Crippen LogP contribution in [0.3, 0.4) is 0 Å². The van der Waals surface area contributed by atoms with E-state index in [1.165, 1.54) is 22.4 Å². The number of anilines is 1. The van der Waals surface area contributed by atoms with Crippen molar-refractivity contribution in [2.45, 2.75) is 78.9 Å². The number of hydrogen-bond acceptors (Lipinski definition) is 1. The van der Waals surface area contributed by atoms with Crippen LogP contribution in [-0.2, 0) is 10.8 Å². The van der Waals surface area contributed by atoms with Gasteiger partial charge in [-0.3, -0.25) is 0 Å². The monoisotopic (exact) mass is 291 g/mol. The van der Waals surface area contributed by atoms with Gasteiger partial charge in [0, 0.05) is 5.69 Å². The van der Waals surface area contributed by atoms with E-state index in [9.17, 15) is 0 Å². The highest BCUT2D eigenvalue weighted by atomic mass is 28.3. The number of rotatable bonds is 2. The third-order valence-electron chi connectivity index (χ3n) is 3.51. The second kappa shape index (κ2) is 5.21. The van der Waals surface area contributed by atoms with Crippen LogP contribution in [0.4, 0.5) is 5.69 Å². The highest BCUT2D eigenvalue weighted by Crippen LogP contribution is 2.37. The van der Waals surface area contributed by atoms with Gasteiger partial charge in [-0.25, -0.2) is 0 Å². The van der Waals surface area contributed by atoms with E-state index in [0.717, 1.165) is 0 Å². The minimum Gasteiger partial charge on any atom is -0.410 e. The standard InChI is InChI=1S/C18H33NSi/c1-13-11-14(17(2,3)4)12-15(18(5,6)7)16(13)19-20(8,9)10/h11-12,19H,1-10H3. The van der Waals surface area contributed by atoms with Crippen LogP contribution in [0.1, 0.15) is 58.2 Å². The molecule has 1 N–H and O–H groups in total. The van der Waals surface area contributed by atoms with Crippen molar-refractivity contribution in [1.82, 2.24) is 0 Å². The molecule has 1 aromatic carbocycles. The van der Waals surface area contributed by atoms with E-state index in [-0.39, 0.29) is 10.8 Å². The fourth-order valence-corrected chi connectivity index (χ4v) is 3.43. The fraction of sp³-hybridized carbons (Fsp3) is 0.667. The molecule has 0 saturated carbocycles. The van der Waals surface area contributed by atoms with E-state index in [1.807, 2.05) is 0 Å². The molecule has 0 aliphatic rings. The minimum absolute atomic E-state index is 0.161. The van der Waals surface area contributed by atoms with Crippen LogP contribution in [-0.4, -0.2) is 8.24 Å². The molecule has 2 heteroatoms. The lowest BCUT2D eigenvalue weighted by atomic mass is 9.78. The third-order valence-corrected chi connectivity index (χ3v) is 4.51. The van der Waals surface area contributed by atoms with Gasteiger partial charge in [-0.05, 0) is 34.4 Å². The van der Waals surface area contributed by atoms with Crippen LogP contribution >= 0.6 is 0 Å². The molecule has 0 aliphatic heterocycles. The van der Waals surface area contributed by atoms with Gasteiger partial charge in [-0.1, -0.05) is 73.3 Å². The molecule has 0 aliphatic carbocycles. The van der Waals surface area contributed by atoms with Gasteiger partial charge in [0.15, 0.2) is 0 Å². The summed E-state index contributed by atoms with van der Waals surface area (Å²) in [6.07, 6.45) is 0. The molecular weight excluding hydrogens is 258 g/mol. The van der Waals surface area contributed by atoms with Gasteiger partial charge in [0.05, 0.1) is 0 Å². The van der Waals surface area contributed by atoms with Crippen molar-refractivity contribution in [3.05, 3.63) is 28.8 Å². The molecule has 1 rings (SSSR count). The second-order valence-electron chi connectivity index (χ2n) is 9.09. The number of hydrogen-bond donors (Lipinski definition) is 1. The molecule has 0 bridgehead atoms. The molecule has 0 spiro atoms. The summed E-state index contributed by atoms with van der Waals surface area (Å²) < 4.78 is 0. The number of nitrogens with one attached hydrogen (secondary N) is 1. The van der Waals surface area contributed by atoms with E-state index in [1.54, 1.807) is 0 Å². The fourth-order valence-electron chi connectivity index (χ4n) is 2.35. The first-order valence-corrected chi connectivity index (χ1v) is 11.2. The molecule has 0 radical (unpaired) electrons. The first-order valence-electron chi connectivity index (χ1n) is 7.65. The Labute approximate surface area is 127 Å². The quantitative estimate of drug-likeness (QED) is 0.675. The molecule has 114 valence electrons. The molecule has 0 atom stereocenters. The number of benzene rings is 1. The Morgan fingerprint density at radius 1 is 0.850 bits per heavy atom. The van der Waals surface area contributed by atoms with E-state index in [2.05, 4.69) is 85.2 Å². The van der Waals surface area contributed by atoms with Crippen LogP contribution < -0.4 is 4.98 Å². The third kappa shape index (κ3) is 4.37. The molecular formula is C18H33NSi. The SMILES string of the molecule is Cc1cc(C(C)(C)C)cc(C(C)(C)C)c1N[Si](C)(C)C. The topological polar surface area (TPSA) is 12.0 Å². The highest BCUT2D eigenvalue weighted by molar-refractivity contribution is 6.79. The van der Waals surface area contributed by atoms with Gasteiger partial charge in [0.1, 0.15) is 8.24 Å². The average Bonchev–Trinajstić information content (AvgIpc) is 2.15. The average molecular weight is 292 g/mol. The van der Waals surface area contributed by atoms with E-state index >= 15 is 0 Å². The van der Waals surface area contributed by atoms with E-state index in [4.69, 9.17) is 0 Å². The molecule has 0 heterocycles. The van der Waals surface area contributed by atoms with Crippen LogP contribution in [0.25, 0.3) is 0 Å². The van der Waals surface area contributed by atoms with Gasteiger partial charge >= 0.3 is 0 Å². The van der Waals surface area contributed by atoms with Gasteiger partial charge in [0.25, 0.3) is 0 Å². The predicted octanol–water partition coefficient (Wildman–Crippen LogP) is 5.84. The van der Waals surface area contributed by atoms with Crippen molar-refractivity contribution in [3.63, 3.8) is 0 Å². The van der Waals surface area contributed by atoms with Crippen molar-refractivity contribution in [2.75, 3.05) is 4.98 Å². The largest absolute Gasteiger partial charge is 0.410 e. The maximum Gasteiger partial charge on any atom is 0.144 e. The highest BCUT2D eigenvalue weighted by Gasteiger charge is 2.26. The predicted molar refractivity (Wildman–Crippen MR) is 95.5 cm³/mol. The lowest BCUT2D eigenvalue weighted by molar-refractivity contribution is 0.569. The Morgan fingerprint density at radius 2 is 1.35 bits per heavy atom. The summed E-state index contributed by atoms with van der Waals surface area (Å²) >= 11 is 0. The number of aryl methyl sites for hydroxylation is 1. The molecule has 0 amide bonds. The second-order valence-corrected chi connectivity index (χ2v) is 13.8. The van der Waals surface area contributed by atoms with Crippen molar-refractivity contribution < 1.29 is 0 Å². The summed E-state index contributed by atoms with van der Waals surface area (Å²) in [5.74, 6) is 0. The Balaban J connectivity index is 3.52. The van der Waals surface area contributed by atoms with Crippen LogP contribution in [0.5, 0.6) is 0 Å². The van der Waals surface area contributed by atoms with Gasteiger partial charge in [-0.2, -0.15) is 0 Å². The van der Waals surface area contributed by atoms with Crippen molar-refractivity contribution in [2.24, 2.45) is 0 Å². The first kappa shape index (κ1) is 17.3. The maximum absolute atomic E-state index is 3.84. The summed E-state index contributed by atoms with van der Waals surface area (Å²) in [5.41, 5.74) is 5.98. The zero-order valence-electron chi connectivity index (χ0n) is 15.2. The van der Waals surface area contributed by atoms with Gasteiger partial charge in [-0.15, -0.1) is 0 Å². The van der Waals surface area contributed by atoms with E-state index in [0.29, 0.717) is 0 Å². The summed E-state index contributed by atoms with van der Waals surface area (Å²) in [5, 5.41) is 0. The lowest BCUT2D eigenvalue weighted by Crippen LogP contribution is -2.34. The van der Waals surface area contributed by atoms with Crippen LogP contribution in [0.2, 0.25) is 19.6 Å².